The predicted molar refractivity (Wildman–Crippen MR) is 83.7 cm³/mol. The van der Waals surface area contributed by atoms with Crippen LogP contribution >= 0.6 is 11.3 Å². The second kappa shape index (κ2) is 4.43. The van der Waals surface area contributed by atoms with Crippen LogP contribution < -0.4 is 10.1 Å². The molecule has 0 aliphatic carbocycles. The molecular weight excluding hydrogens is 284 g/mol. The Morgan fingerprint density at radius 3 is 2.86 bits per heavy atom. The Hall–Kier alpha value is -2.66. The van der Waals surface area contributed by atoms with Gasteiger partial charge in [0.15, 0.2) is 4.96 Å². The van der Waals surface area contributed by atoms with Crippen molar-refractivity contribution in [2.45, 2.75) is 0 Å². The molecule has 21 heavy (non-hydrogen) atoms. The summed E-state index contributed by atoms with van der Waals surface area (Å²) in [7, 11) is 0. The number of phenolic OH excluding ortho intramolecular Hbond substituents is 1. The van der Waals surface area contributed by atoms with Gasteiger partial charge in [-0.25, -0.2) is 9.38 Å². The molecule has 0 radical (unpaired) electrons. The molecule has 0 aliphatic rings. The zero-order valence-corrected chi connectivity index (χ0v) is 11.7. The zero-order chi connectivity index (χ0) is 14.4. The van der Waals surface area contributed by atoms with Crippen molar-refractivity contribution in [3.8, 4) is 5.75 Å². The number of imidazole rings is 1. The molecule has 4 aromatic rings. The molecule has 0 spiro atoms. The molecule has 0 fully saturated rings. The first-order chi connectivity index (χ1) is 10.2. The maximum Gasteiger partial charge on any atom is 0.274 e. The van der Waals surface area contributed by atoms with Crippen LogP contribution in [0.1, 0.15) is 5.56 Å². The minimum absolute atomic E-state index is 0.0768. The molecule has 2 aromatic carbocycles. The highest BCUT2D eigenvalue weighted by atomic mass is 32.1. The lowest BCUT2D eigenvalue weighted by molar-refractivity contribution is 0.475. The van der Waals surface area contributed by atoms with E-state index in [4.69, 9.17) is 0 Å². The Bertz CT molecular complexity index is 1080. The van der Waals surface area contributed by atoms with Crippen molar-refractivity contribution in [2.75, 3.05) is 0 Å². The minimum atomic E-state index is -0.0768. The van der Waals surface area contributed by atoms with Gasteiger partial charge in [0, 0.05) is 0 Å². The zero-order valence-electron chi connectivity index (χ0n) is 10.9. The summed E-state index contributed by atoms with van der Waals surface area (Å²) in [5, 5.41) is 9.49. The van der Waals surface area contributed by atoms with E-state index in [-0.39, 0.29) is 11.3 Å². The maximum absolute atomic E-state index is 12.5. The fourth-order valence-corrected chi connectivity index (χ4v) is 3.36. The van der Waals surface area contributed by atoms with Crippen LogP contribution in [-0.2, 0) is 0 Å². The van der Waals surface area contributed by atoms with E-state index in [9.17, 15) is 9.90 Å². The Morgan fingerprint density at radius 2 is 2.00 bits per heavy atom. The number of aromatic nitrogens is 2. The second-order valence-corrected chi connectivity index (χ2v) is 5.74. The van der Waals surface area contributed by atoms with E-state index in [0.29, 0.717) is 9.49 Å². The molecule has 5 heteroatoms. The summed E-state index contributed by atoms with van der Waals surface area (Å²) in [5.41, 5.74) is 2.36. The van der Waals surface area contributed by atoms with Crippen LogP contribution in [0.2, 0.25) is 0 Å². The van der Waals surface area contributed by atoms with Crippen molar-refractivity contribution >= 4 is 33.4 Å². The van der Waals surface area contributed by atoms with Gasteiger partial charge in [-0.1, -0.05) is 35.6 Å². The van der Waals surface area contributed by atoms with Gasteiger partial charge in [-0.15, -0.1) is 0 Å². The number of hydrogen-bond acceptors (Lipinski definition) is 4. The predicted octanol–water partition coefficient (Wildman–Crippen LogP) is 2.16. The van der Waals surface area contributed by atoms with Crippen LogP contribution in [-0.4, -0.2) is 14.5 Å². The molecule has 4 rings (SSSR count). The van der Waals surface area contributed by atoms with E-state index in [1.807, 2.05) is 30.3 Å². The van der Waals surface area contributed by atoms with Gasteiger partial charge < -0.3 is 5.11 Å². The average Bonchev–Trinajstić information content (AvgIpc) is 2.97. The van der Waals surface area contributed by atoms with Crippen LogP contribution in [0.3, 0.4) is 0 Å². The SMILES string of the molecule is O=c1/c(=C\c2cccc(O)c2)sc2nc3ccccc3n12. The molecule has 1 N–H and O–H groups in total. The van der Waals surface area contributed by atoms with Gasteiger partial charge in [-0.3, -0.25) is 4.79 Å². The van der Waals surface area contributed by atoms with Crippen LogP contribution in [0.5, 0.6) is 5.75 Å². The minimum Gasteiger partial charge on any atom is -0.508 e. The number of nitrogens with zero attached hydrogens (tertiary/aromatic N) is 2. The third kappa shape index (κ3) is 1.90. The van der Waals surface area contributed by atoms with Crippen molar-refractivity contribution in [1.29, 1.82) is 0 Å². The molecular formula is C16H10N2O2S. The second-order valence-electron chi connectivity index (χ2n) is 4.73. The van der Waals surface area contributed by atoms with Gasteiger partial charge in [0.25, 0.3) is 5.56 Å². The molecule has 2 aromatic heterocycles. The van der Waals surface area contributed by atoms with Gasteiger partial charge in [0.2, 0.25) is 0 Å². The molecule has 2 heterocycles. The first-order valence-corrected chi connectivity index (χ1v) is 7.25. The topological polar surface area (TPSA) is 54.6 Å². The van der Waals surface area contributed by atoms with Crippen molar-refractivity contribution in [3.63, 3.8) is 0 Å². The number of fused-ring (bicyclic) bond motifs is 3. The van der Waals surface area contributed by atoms with E-state index >= 15 is 0 Å². The quantitative estimate of drug-likeness (QED) is 0.585. The van der Waals surface area contributed by atoms with Crippen LogP contribution in [0, 0.1) is 0 Å². The summed E-state index contributed by atoms with van der Waals surface area (Å²) in [6.07, 6.45) is 1.77. The maximum atomic E-state index is 12.5. The van der Waals surface area contributed by atoms with Crippen molar-refractivity contribution in [2.24, 2.45) is 0 Å². The Kier molecular flexibility index (Phi) is 2.55. The number of benzene rings is 2. The number of thiazole rings is 1. The molecule has 0 amide bonds. The summed E-state index contributed by atoms with van der Waals surface area (Å²) in [6, 6.07) is 14.4. The summed E-state index contributed by atoms with van der Waals surface area (Å²) < 4.78 is 2.24. The number of rotatable bonds is 1. The van der Waals surface area contributed by atoms with Crippen LogP contribution in [0.15, 0.2) is 53.3 Å². The molecule has 102 valence electrons. The number of para-hydroxylation sites is 2. The van der Waals surface area contributed by atoms with Crippen molar-refractivity contribution in [3.05, 3.63) is 69.0 Å². The molecule has 0 saturated carbocycles. The highest BCUT2D eigenvalue weighted by Crippen LogP contribution is 2.16. The summed E-state index contributed by atoms with van der Waals surface area (Å²) in [6.45, 7) is 0. The first-order valence-electron chi connectivity index (χ1n) is 6.43. The van der Waals surface area contributed by atoms with Gasteiger partial charge in [0.05, 0.1) is 15.6 Å². The van der Waals surface area contributed by atoms with E-state index in [0.717, 1.165) is 16.6 Å². The van der Waals surface area contributed by atoms with Gasteiger partial charge in [-0.05, 0) is 35.9 Å². The third-order valence-electron chi connectivity index (χ3n) is 3.31. The van der Waals surface area contributed by atoms with Crippen LogP contribution in [0.25, 0.3) is 22.1 Å². The van der Waals surface area contributed by atoms with Gasteiger partial charge in [0.1, 0.15) is 5.75 Å². The summed E-state index contributed by atoms with van der Waals surface area (Å²) >= 11 is 1.35. The molecule has 0 aliphatic heterocycles. The first kappa shape index (κ1) is 12.1. The fourth-order valence-electron chi connectivity index (χ4n) is 2.38. The number of phenols is 1. The van der Waals surface area contributed by atoms with Crippen molar-refractivity contribution in [1.82, 2.24) is 9.38 Å². The number of aromatic hydroxyl groups is 1. The highest BCUT2D eigenvalue weighted by Gasteiger charge is 2.10. The monoisotopic (exact) mass is 294 g/mol. The largest absolute Gasteiger partial charge is 0.508 e. The number of hydrogen-bond donors (Lipinski definition) is 1. The lowest BCUT2D eigenvalue weighted by Gasteiger charge is -1.92. The average molecular weight is 294 g/mol. The molecule has 0 unspecified atom stereocenters. The molecule has 0 saturated heterocycles. The molecule has 0 bridgehead atoms. The van der Waals surface area contributed by atoms with E-state index in [1.165, 1.54) is 11.3 Å². The highest BCUT2D eigenvalue weighted by molar-refractivity contribution is 7.15. The third-order valence-corrected chi connectivity index (χ3v) is 4.28. The lowest BCUT2D eigenvalue weighted by Crippen LogP contribution is -2.22. The Labute approximate surface area is 123 Å². The fraction of sp³-hybridized carbons (Fsp3) is 0. The van der Waals surface area contributed by atoms with Gasteiger partial charge >= 0.3 is 0 Å². The standard InChI is InChI=1S/C16H10N2O2S/c19-11-5-3-4-10(8-11)9-14-15(20)18-13-7-2-1-6-12(13)17-16(18)21-14/h1-9,19H/b14-9+. The van der Waals surface area contributed by atoms with Crippen molar-refractivity contribution < 1.29 is 5.11 Å². The lowest BCUT2D eigenvalue weighted by atomic mass is 10.2. The Morgan fingerprint density at radius 1 is 1.14 bits per heavy atom. The normalized spacial score (nSPS) is 12.5. The summed E-state index contributed by atoms with van der Waals surface area (Å²) in [4.78, 5) is 17.7. The Balaban J connectivity index is 2.03. The van der Waals surface area contributed by atoms with Crippen LogP contribution in [0.4, 0.5) is 0 Å². The smallest absolute Gasteiger partial charge is 0.274 e. The van der Waals surface area contributed by atoms with E-state index in [2.05, 4.69) is 4.98 Å². The van der Waals surface area contributed by atoms with E-state index < -0.39 is 0 Å². The van der Waals surface area contributed by atoms with Gasteiger partial charge in [-0.2, -0.15) is 0 Å². The molecule has 0 atom stereocenters. The molecule has 4 nitrogen and oxygen atoms in total. The van der Waals surface area contributed by atoms with E-state index in [1.54, 1.807) is 28.7 Å². The summed E-state index contributed by atoms with van der Waals surface area (Å²) in [5.74, 6) is 0.183.